The first-order valence-electron chi connectivity index (χ1n) is 7.14. The lowest BCUT2D eigenvalue weighted by Gasteiger charge is -2.23. The minimum atomic E-state index is -4.10. The van der Waals surface area contributed by atoms with Crippen LogP contribution in [-0.4, -0.2) is 66.5 Å². The van der Waals surface area contributed by atoms with Crippen molar-refractivity contribution in [3.63, 3.8) is 0 Å². The van der Waals surface area contributed by atoms with E-state index < -0.39 is 30.7 Å². The van der Waals surface area contributed by atoms with Crippen LogP contribution in [0.1, 0.15) is 39.5 Å². The predicted molar refractivity (Wildman–Crippen MR) is 89.4 cm³/mol. The summed E-state index contributed by atoms with van der Waals surface area (Å²) >= 11 is 0. The third-order valence-corrected chi connectivity index (χ3v) is 6.43. The standard InChI is InChI=1S/C13H25NO6S2.H2O/c1-4-9-14(10-7-12(5-2)21(15,16)17)11-8-13(6-3)22(18,19)20;/h1,12-13H,5-11H2,2-3H3,(H,15,16,17)(H,18,19,20);1H2. The Balaban J connectivity index is 0. The fraction of sp³-hybridized carbons (Fsp3) is 0.846. The summed E-state index contributed by atoms with van der Waals surface area (Å²) in [5.41, 5.74) is 0. The molecule has 8 nitrogen and oxygen atoms in total. The summed E-state index contributed by atoms with van der Waals surface area (Å²) in [5, 5.41) is -1.73. The zero-order valence-corrected chi connectivity index (χ0v) is 15.1. The van der Waals surface area contributed by atoms with Crippen LogP contribution in [0.15, 0.2) is 0 Å². The second-order valence-electron chi connectivity index (χ2n) is 5.15. The van der Waals surface area contributed by atoms with E-state index >= 15 is 0 Å². The smallest absolute Gasteiger partial charge is 0.267 e. The average molecular weight is 373 g/mol. The average Bonchev–Trinajstić information content (AvgIpc) is 2.36. The molecule has 4 N–H and O–H groups in total. The van der Waals surface area contributed by atoms with Crippen molar-refractivity contribution < 1.29 is 31.4 Å². The van der Waals surface area contributed by atoms with Gasteiger partial charge in [0.25, 0.3) is 20.2 Å². The molecule has 2 unspecified atom stereocenters. The van der Waals surface area contributed by atoms with E-state index in [1.165, 1.54) is 0 Å². The van der Waals surface area contributed by atoms with Crippen LogP contribution < -0.4 is 0 Å². The van der Waals surface area contributed by atoms with Gasteiger partial charge in [-0.15, -0.1) is 6.42 Å². The maximum atomic E-state index is 11.2. The number of hydrogen-bond acceptors (Lipinski definition) is 5. The van der Waals surface area contributed by atoms with Crippen LogP contribution in [0, 0.1) is 12.3 Å². The van der Waals surface area contributed by atoms with Crippen molar-refractivity contribution in [3.8, 4) is 12.3 Å². The fourth-order valence-corrected chi connectivity index (χ4v) is 3.83. The van der Waals surface area contributed by atoms with Crippen molar-refractivity contribution >= 4 is 20.2 Å². The largest absolute Gasteiger partial charge is 0.412 e. The molecule has 0 rings (SSSR count). The van der Waals surface area contributed by atoms with E-state index in [1.807, 2.05) is 0 Å². The second-order valence-corrected chi connectivity index (χ2v) is 8.54. The van der Waals surface area contributed by atoms with Gasteiger partial charge in [0, 0.05) is 13.1 Å². The summed E-state index contributed by atoms with van der Waals surface area (Å²) in [6, 6.07) is 0. The van der Waals surface area contributed by atoms with Crippen LogP contribution in [0.5, 0.6) is 0 Å². The Labute approximate surface area is 139 Å². The Kier molecular flexibility index (Phi) is 11.7. The molecule has 0 aromatic carbocycles. The Hall–Kier alpha value is -0.700. The highest BCUT2D eigenvalue weighted by molar-refractivity contribution is 7.86. The molecule has 0 radical (unpaired) electrons. The molecule has 0 aromatic rings. The first-order chi connectivity index (χ1) is 10.1. The number of rotatable bonds is 11. The van der Waals surface area contributed by atoms with Gasteiger partial charge in [-0.05, 0) is 25.7 Å². The highest BCUT2D eigenvalue weighted by Gasteiger charge is 2.24. The highest BCUT2D eigenvalue weighted by Crippen LogP contribution is 2.13. The molecule has 23 heavy (non-hydrogen) atoms. The Morgan fingerprint density at radius 1 is 0.957 bits per heavy atom. The molecule has 0 fully saturated rings. The summed E-state index contributed by atoms with van der Waals surface area (Å²) in [7, 11) is -8.20. The third kappa shape index (κ3) is 9.91. The zero-order valence-electron chi connectivity index (χ0n) is 13.5. The Bertz CT molecular complexity index is 522. The van der Waals surface area contributed by atoms with E-state index in [9.17, 15) is 16.8 Å². The maximum Gasteiger partial charge on any atom is 0.267 e. The van der Waals surface area contributed by atoms with Crippen LogP contribution >= 0.6 is 0 Å². The molecule has 0 aromatic heterocycles. The van der Waals surface area contributed by atoms with Crippen molar-refractivity contribution in [2.24, 2.45) is 0 Å². The van der Waals surface area contributed by atoms with Crippen molar-refractivity contribution in [1.82, 2.24) is 4.90 Å². The number of hydrogen-bond donors (Lipinski definition) is 2. The monoisotopic (exact) mass is 373 g/mol. The van der Waals surface area contributed by atoms with Gasteiger partial charge in [-0.2, -0.15) is 16.8 Å². The molecular weight excluding hydrogens is 346 g/mol. The van der Waals surface area contributed by atoms with Crippen LogP contribution in [0.4, 0.5) is 0 Å². The van der Waals surface area contributed by atoms with E-state index in [2.05, 4.69) is 5.92 Å². The van der Waals surface area contributed by atoms with Gasteiger partial charge in [0.15, 0.2) is 0 Å². The highest BCUT2D eigenvalue weighted by atomic mass is 32.2. The molecule has 10 heteroatoms. The van der Waals surface area contributed by atoms with Crippen molar-refractivity contribution in [3.05, 3.63) is 0 Å². The second kappa shape index (κ2) is 11.0. The normalized spacial score (nSPS) is 14.8. The molecule has 2 atom stereocenters. The first kappa shape index (κ1) is 24.6. The summed E-state index contributed by atoms with van der Waals surface area (Å²) in [4.78, 5) is 1.74. The van der Waals surface area contributed by atoms with E-state index in [1.54, 1.807) is 18.7 Å². The molecule has 0 aliphatic rings. The van der Waals surface area contributed by atoms with Crippen molar-refractivity contribution in [2.75, 3.05) is 19.6 Å². The van der Waals surface area contributed by atoms with Gasteiger partial charge in [0.2, 0.25) is 0 Å². The van der Waals surface area contributed by atoms with Gasteiger partial charge in [0.1, 0.15) is 0 Å². The molecule has 0 saturated carbocycles. The van der Waals surface area contributed by atoms with E-state index in [-0.39, 0.29) is 37.7 Å². The van der Waals surface area contributed by atoms with Gasteiger partial charge in [-0.3, -0.25) is 14.0 Å². The quantitative estimate of drug-likeness (QED) is 0.389. The van der Waals surface area contributed by atoms with Gasteiger partial charge in [-0.1, -0.05) is 19.8 Å². The minimum Gasteiger partial charge on any atom is -0.412 e. The lowest BCUT2D eigenvalue weighted by atomic mass is 10.2. The van der Waals surface area contributed by atoms with E-state index in [0.29, 0.717) is 13.1 Å². The number of terminal acetylenes is 1. The van der Waals surface area contributed by atoms with Gasteiger partial charge < -0.3 is 5.48 Å². The molecule has 0 bridgehead atoms. The molecule has 0 heterocycles. The van der Waals surface area contributed by atoms with E-state index in [0.717, 1.165) is 0 Å². The predicted octanol–water partition coefficient (Wildman–Crippen LogP) is 0.210. The third-order valence-electron chi connectivity index (χ3n) is 3.60. The topological polar surface area (TPSA) is 143 Å². The maximum absolute atomic E-state index is 11.2. The summed E-state index contributed by atoms with van der Waals surface area (Å²) in [5.74, 6) is 2.43. The molecule has 0 spiro atoms. The van der Waals surface area contributed by atoms with Crippen molar-refractivity contribution in [1.29, 1.82) is 0 Å². The van der Waals surface area contributed by atoms with Gasteiger partial charge in [-0.25, -0.2) is 0 Å². The first-order valence-corrected chi connectivity index (χ1v) is 10.1. The van der Waals surface area contributed by atoms with Crippen molar-refractivity contribution in [2.45, 2.75) is 50.0 Å². The summed E-state index contributed by atoms with van der Waals surface area (Å²) in [6.45, 7) is 4.21. The molecule has 0 aliphatic carbocycles. The molecule has 0 saturated heterocycles. The molecule has 138 valence electrons. The van der Waals surface area contributed by atoms with Gasteiger partial charge >= 0.3 is 0 Å². The SMILES string of the molecule is C#CCN(CCC(CC)S(=O)(=O)O)CCC(CC)S(=O)(=O)O.O. The van der Waals surface area contributed by atoms with Crippen LogP contribution in [0.2, 0.25) is 0 Å². The molecule has 0 aliphatic heterocycles. The van der Waals surface area contributed by atoms with E-state index in [4.69, 9.17) is 15.5 Å². The number of nitrogens with zero attached hydrogens (tertiary/aromatic N) is 1. The van der Waals surface area contributed by atoms with Crippen LogP contribution in [-0.2, 0) is 20.2 Å². The lowest BCUT2D eigenvalue weighted by molar-refractivity contribution is 0.289. The zero-order chi connectivity index (χ0) is 17.4. The summed E-state index contributed by atoms with van der Waals surface area (Å²) in [6.07, 6.45) is 6.23. The van der Waals surface area contributed by atoms with Crippen LogP contribution in [0.3, 0.4) is 0 Å². The summed E-state index contributed by atoms with van der Waals surface area (Å²) < 4.78 is 62.8. The molecule has 0 amide bonds. The van der Waals surface area contributed by atoms with Crippen LogP contribution in [0.25, 0.3) is 0 Å². The molecular formula is C13H27NO7S2. The van der Waals surface area contributed by atoms with Gasteiger partial charge in [0.05, 0.1) is 17.0 Å². The minimum absolute atomic E-state index is 0. The Morgan fingerprint density at radius 3 is 1.52 bits per heavy atom. The Morgan fingerprint density at radius 2 is 1.30 bits per heavy atom. The fourth-order valence-electron chi connectivity index (χ4n) is 2.18. The lowest BCUT2D eigenvalue weighted by Crippen LogP contribution is -2.33.